The van der Waals surface area contributed by atoms with Crippen molar-refractivity contribution in [3.05, 3.63) is 24.2 Å². The largest absolute Gasteiger partial charge is 0.474 e. The maximum absolute atomic E-state index is 9.39. The maximum atomic E-state index is 9.39. The lowest BCUT2D eigenvalue weighted by atomic mass is 9.98. The molecule has 7 heteroatoms. The number of aliphatic hydroxyl groups is 1. The normalized spacial score (nSPS) is 22.0. The third-order valence-electron chi connectivity index (χ3n) is 5.53. The zero-order valence-corrected chi connectivity index (χ0v) is 15.7. The highest BCUT2D eigenvalue weighted by Gasteiger charge is 2.23. The number of aromatic nitrogens is 3. The van der Waals surface area contributed by atoms with Crippen LogP contribution < -0.4 is 4.74 Å². The average molecular weight is 372 g/mol. The van der Waals surface area contributed by atoms with E-state index in [1.807, 2.05) is 12.1 Å². The summed E-state index contributed by atoms with van der Waals surface area (Å²) in [5.74, 6) is 2.06. The van der Waals surface area contributed by atoms with Crippen molar-refractivity contribution in [2.45, 2.75) is 57.6 Å². The van der Waals surface area contributed by atoms with Crippen LogP contribution >= 0.6 is 0 Å². The van der Waals surface area contributed by atoms with Crippen molar-refractivity contribution in [1.29, 1.82) is 0 Å². The van der Waals surface area contributed by atoms with Crippen LogP contribution in [-0.2, 0) is 6.54 Å². The highest BCUT2D eigenvalue weighted by molar-refractivity contribution is 5.60. The smallest absolute Gasteiger partial charge is 0.241 e. The Labute approximate surface area is 159 Å². The van der Waals surface area contributed by atoms with Gasteiger partial charge in [0.1, 0.15) is 6.10 Å². The summed E-state index contributed by atoms with van der Waals surface area (Å²) >= 11 is 0. The monoisotopic (exact) mass is 372 g/mol. The second-order valence-corrected chi connectivity index (χ2v) is 7.67. The van der Waals surface area contributed by atoms with E-state index in [4.69, 9.17) is 9.26 Å². The summed E-state index contributed by atoms with van der Waals surface area (Å²) in [5.41, 5.74) is 0.782. The summed E-state index contributed by atoms with van der Waals surface area (Å²) in [6.07, 6.45) is 10.0. The van der Waals surface area contributed by atoms with E-state index in [1.54, 1.807) is 6.20 Å². The first kappa shape index (κ1) is 18.4. The van der Waals surface area contributed by atoms with Crippen LogP contribution in [0.15, 0.2) is 22.9 Å². The molecule has 0 spiro atoms. The SMILES string of the molecule is OCC1CCCN(Cc2nc(-c3cccnc3OC3CCCCC3)no2)C1. The summed E-state index contributed by atoms with van der Waals surface area (Å²) < 4.78 is 11.6. The van der Waals surface area contributed by atoms with Gasteiger partial charge in [-0.25, -0.2) is 4.98 Å². The van der Waals surface area contributed by atoms with Crippen LogP contribution in [0.1, 0.15) is 50.8 Å². The molecule has 4 rings (SSSR count). The first-order chi connectivity index (χ1) is 13.3. The zero-order valence-electron chi connectivity index (χ0n) is 15.7. The number of nitrogens with zero attached hydrogens (tertiary/aromatic N) is 4. The summed E-state index contributed by atoms with van der Waals surface area (Å²) in [7, 11) is 0. The molecule has 7 nitrogen and oxygen atoms in total. The van der Waals surface area contributed by atoms with Crippen molar-refractivity contribution >= 4 is 0 Å². The van der Waals surface area contributed by atoms with Gasteiger partial charge in [-0.05, 0) is 63.1 Å². The fourth-order valence-corrected chi connectivity index (χ4v) is 4.06. The molecule has 1 saturated carbocycles. The molecular formula is C20H28N4O3. The fraction of sp³-hybridized carbons (Fsp3) is 0.650. The molecule has 0 radical (unpaired) electrons. The van der Waals surface area contributed by atoms with Gasteiger partial charge in [0.05, 0.1) is 12.1 Å². The first-order valence-electron chi connectivity index (χ1n) is 10.1. The Morgan fingerprint density at radius 2 is 2.07 bits per heavy atom. The van der Waals surface area contributed by atoms with Gasteiger partial charge in [-0.15, -0.1) is 0 Å². The van der Waals surface area contributed by atoms with Crippen LogP contribution in [0.5, 0.6) is 5.88 Å². The minimum absolute atomic E-state index is 0.225. The summed E-state index contributed by atoms with van der Waals surface area (Å²) in [6, 6.07) is 3.80. The van der Waals surface area contributed by atoms with E-state index in [0.29, 0.717) is 30.1 Å². The van der Waals surface area contributed by atoms with Crippen molar-refractivity contribution < 1.29 is 14.4 Å². The fourth-order valence-electron chi connectivity index (χ4n) is 4.06. The Kier molecular flexibility index (Phi) is 5.99. The molecule has 1 unspecified atom stereocenters. The van der Waals surface area contributed by atoms with E-state index >= 15 is 0 Å². The molecule has 1 N–H and O–H groups in total. The van der Waals surface area contributed by atoms with E-state index < -0.39 is 0 Å². The summed E-state index contributed by atoms with van der Waals surface area (Å²) in [6.45, 7) is 2.72. The van der Waals surface area contributed by atoms with E-state index in [0.717, 1.165) is 44.3 Å². The van der Waals surface area contributed by atoms with Gasteiger partial charge in [0.2, 0.25) is 17.6 Å². The number of aliphatic hydroxyl groups excluding tert-OH is 1. The molecule has 1 aliphatic heterocycles. The van der Waals surface area contributed by atoms with E-state index in [9.17, 15) is 5.11 Å². The molecule has 1 atom stereocenters. The van der Waals surface area contributed by atoms with Crippen molar-refractivity contribution in [1.82, 2.24) is 20.0 Å². The molecule has 0 aromatic carbocycles. The van der Waals surface area contributed by atoms with Crippen LogP contribution in [0.25, 0.3) is 11.4 Å². The third-order valence-corrected chi connectivity index (χ3v) is 5.53. The average Bonchev–Trinajstić information content (AvgIpc) is 3.17. The number of ether oxygens (including phenoxy) is 1. The lowest BCUT2D eigenvalue weighted by Crippen LogP contribution is -2.36. The third kappa shape index (κ3) is 4.65. The molecule has 27 heavy (non-hydrogen) atoms. The summed E-state index contributed by atoms with van der Waals surface area (Å²) in [5, 5.41) is 13.6. The molecule has 1 saturated heterocycles. The van der Waals surface area contributed by atoms with Crippen molar-refractivity contribution in [2.75, 3.05) is 19.7 Å². The van der Waals surface area contributed by atoms with Gasteiger partial charge in [-0.1, -0.05) is 11.6 Å². The minimum atomic E-state index is 0.225. The Hall–Kier alpha value is -1.99. The molecule has 0 amide bonds. The number of hydrogen-bond acceptors (Lipinski definition) is 7. The van der Waals surface area contributed by atoms with Gasteiger partial charge in [-0.3, -0.25) is 4.90 Å². The topological polar surface area (TPSA) is 84.5 Å². The zero-order chi connectivity index (χ0) is 18.5. The maximum Gasteiger partial charge on any atom is 0.241 e. The predicted molar refractivity (Wildman–Crippen MR) is 100 cm³/mol. The van der Waals surface area contributed by atoms with Crippen LogP contribution in [0.3, 0.4) is 0 Å². The van der Waals surface area contributed by atoms with Gasteiger partial charge < -0.3 is 14.4 Å². The quantitative estimate of drug-likeness (QED) is 0.834. The second-order valence-electron chi connectivity index (χ2n) is 7.67. The molecule has 2 aromatic rings. The van der Waals surface area contributed by atoms with Gasteiger partial charge in [0.25, 0.3) is 0 Å². The highest BCUT2D eigenvalue weighted by Crippen LogP contribution is 2.29. The van der Waals surface area contributed by atoms with Gasteiger partial charge in [-0.2, -0.15) is 4.98 Å². The van der Waals surface area contributed by atoms with E-state index in [-0.39, 0.29) is 12.7 Å². The van der Waals surface area contributed by atoms with Gasteiger partial charge in [0.15, 0.2) is 0 Å². The Bertz CT molecular complexity index is 730. The van der Waals surface area contributed by atoms with Crippen molar-refractivity contribution in [2.24, 2.45) is 5.92 Å². The standard InChI is InChI=1S/C20H28N4O3/c25-14-15-6-5-11-24(12-15)13-18-22-19(23-27-18)17-9-4-10-21-20(17)26-16-7-2-1-3-8-16/h4,9-10,15-16,25H,1-3,5-8,11-14H2. The number of rotatable bonds is 6. The molecule has 2 aromatic heterocycles. The molecular weight excluding hydrogens is 344 g/mol. The van der Waals surface area contributed by atoms with Crippen LogP contribution in [0.2, 0.25) is 0 Å². The van der Waals surface area contributed by atoms with Crippen molar-refractivity contribution in [3.63, 3.8) is 0 Å². The van der Waals surface area contributed by atoms with Crippen molar-refractivity contribution in [3.8, 4) is 17.3 Å². The number of likely N-dealkylation sites (tertiary alicyclic amines) is 1. The number of pyridine rings is 1. The lowest BCUT2D eigenvalue weighted by molar-refractivity contribution is 0.107. The molecule has 2 aliphatic rings. The van der Waals surface area contributed by atoms with Crippen LogP contribution in [0.4, 0.5) is 0 Å². The van der Waals surface area contributed by atoms with Gasteiger partial charge in [0, 0.05) is 19.3 Å². The Balaban J connectivity index is 1.45. The molecule has 3 heterocycles. The van der Waals surface area contributed by atoms with Crippen LogP contribution in [0, 0.1) is 5.92 Å². The molecule has 146 valence electrons. The summed E-state index contributed by atoms with van der Waals surface area (Å²) in [4.78, 5) is 11.3. The minimum Gasteiger partial charge on any atom is -0.474 e. The lowest BCUT2D eigenvalue weighted by Gasteiger charge is -2.30. The predicted octanol–water partition coefficient (Wildman–Crippen LogP) is 3.05. The van der Waals surface area contributed by atoms with Crippen LogP contribution in [-0.4, -0.2) is 50.9 Å². The number of hydrogen-bond donors (Lipinski definition) is 1. The molecule has 2 fully saturated rings. The Morgan fingerprint density at radius 1 is 1.19 bits per heavy atom. The highest BCUT2D eigenvalue weighted by atomic mass is 16.5. The first-order valence-corrected chi connectivity index (χ1v) is 10.1. The number of piperidine rings is 1. The van der Waals surface area contributed by atoms with E-state index in [1.165, 1.54) is 19.3 Å². The van der Waals surface area contributed by atoms with Gasteiger partial charge >= 0.3 is 0 Å². The van der Waals surface area contributed by atoms with E-state index in [2.05, 4.69) is 20.0 Å². The Morgan fingerprint density at radius 3 is 2.93 bits per heavy atom. The molecule has 1 aliphatic carbocycles. The second kappa shape index (κ2) is 8.80. The molecule has 0 bridgehead atoms.